The molecule has 0 aliphatic heterocycles. The summed E-state index contributed by atoms with van der Waals surface area (Å²) in [6.07, 6.45) is 4.97. The quantitative estimate of drug-likeness (QED) is 0.609. The summed E-state index contributed by atoms with van der Waals surface area (Å²) < 4.78 is 0. The van der Waals surface area contributed by atoms with Crippen LogP contribution in [0.15, 0.2) is 24.3 Å². The molecular formula is C12H12O4. The summed E-state index contributed by atoms with van der Waals surface area (Å²) in [4.78, 5) is 44.7. The molecule has 0 heterocycles. The molecule has 0 fully saturated rings. The molecule has 0 saturated heterocycles. The molecule has 16 heavy (non-hydrogen) atoms. The van der Waals surface area contributed by atoms with Gasteiger partial charge in [-0.05, 0) is 24.3 Å². The van der Waals surface area contributed by atoms with Crippen LogP contribution in [0.5, 0.6) is 0 Å². The molecule has 0 saturated carbocycles. The molecule has 0 N–H and O–H groups in total. The average molecular weight is 220 g/mol. The molecule has 4 nitrogen and oxygen atoms in total. The highest BCUT2D eigenvalue weighted by Crippen LogP contribution is 2.01. The molecule has 4 heteroatoms. The number of hydrogen-bond donors (Lipinski definition) is 0. The van der Waals surface area contributed by atoms with E-state index in [0.29, 0.717) is 0 Å². The van der Waals surface area contributed by atoms with Gasteiger partial charge in [-0.2, -0.15) is 0 Å². The third-order valence-electron chi connectivity index (χ3n) is 2.15. The molecule has 0 spiro atoms. The first kappa shape index (κ1) is 12.2. The largest absolute Gasteiger partial charge is 0.295 e. The van der Waals surface area contributed by atoms with Gasteiger partial charge in [0.2, 0.25) is 0 Å². The van der Waals surface area contributed by atoms with Gasteiger partial charge in [0.15, 0.2) is 23.1 Å². The van der Waals surface area contributed by atoms with Crippen molar-refractivity contribution in [3.8, 4) is 0 Å². The SMILES string of the molecule is O=C1C=CC(=O)CCC(=O)C=CC(=O)CC1. The molecule has 0 aromatic rings. The van der Waals surface area contributed by atoms with E-state index in [9.17, 15) is 19.2 Å². The van der Waals surface area contributed by atoms with Crippen LogP contribution in [0.4, 0.5) is 0 Å². The molecule has 0 atom stereocenters. The van der Waals surface area contributed by atoms with Crippen molar-refractivity contribution in [3.05, 3.63) is 24.3 Å². The predicted molar refractivity (Wildman–Crippen MR) is 56.8 cm³/mol. The minimum absolute atomic E-state index is 0.0706. The monoisotopic (exact) mass is 220 g/mol. The highest BCUT2D eigenvalue weighted by atomic mass is 16.1. The number of carbonyl (C=O) groups is 4. The first-order valence-corrected chi connectivity index (χ1v) is 5.05. The normalized spacial score (nSPS) is 19.5. The van der Waals surface area contributed by atoms with Gasteiger partial charge in [0.1, 0.15) is 0 Å². The van der Waals surface area contributed by atoms with E-state index >= 15 is 0 Å². The van der Waals surface area contributed by atoms with Gasteiger partial charge in [-0.15, -0.1) is 0 Å². The van der Waals surface area contributed by atoms with E-state index in [1.54, 1.807) is 0 Å². The number of hydrogen-bond acceptors (Lipinski definition) is 4. The number of allylic oxidation sites excluding steroid dienone is 4. The molecule has 1 aliphatic rings. The van der Waals surface area contributed by atoms with Crippen LogP contribution in [0.3, 0.4) is 0 Å². The van der Waals surface area contributed by atoms with Crippen LogP contribution in [0.1, 0.15) is 25.7 Å². The van der Waals surface area contributed by atoms with Crippen molar-refractivity contribution in [1.82, 2.24) is 0 Å². The Balaban J connectivity index is 2.74. The Bertz CT molecular complexity index is 314. The van der Waals surface area contributed by atoms with E-state index in [0.717, 1.165) is 0 Å². The molecule has 0 aromatic carbocycles. The van der Waals surface area contributed by atoms with Crippen molar-refractivity contribution in [3.63, 3.8) is 0 Å². The van der Waals surface area contributed by atoms with Crippen molar-refractivity contribution >= 4 is 23.1 Å². The zero-order valence-electron chi connectivity index (χ0n) is 8.77. The highest BCUT2D eigenvalue weighted by molar-refractivity contribution is 6.04. The molecule has 84 valence electrons. The summed E-state index contributed by atoms with van der Waals surface area (Å²) >= 11 is 0. The Morgan fingerprint density at radius 2 is 0.688 bits per heavy atom. The number of carbonyl (C=O) groups excluding carboxylic acids is 4. The molecule has 1 rings (SSSR count). The maximum Gasteiger partial charge on any atom is 0.156 e. The summed E-state index contributed by atoms with van der Waals surface area (Å²) in [6.45, 7) is 0. The lowest BCUT2D eigenvalue weighted by Crippen LogP contribution is -2.05. The van der Waals surface area contributed by atoms with Crippen LogP contribution < -0.4 is 0 Å². The van der Waals surface area contributed by atoms with E-state index < -0.39 is 0 Å². The van der Waals surface area contributed by atoms with Gasteiger partial charge in [-0.1, -0.05) is 0 Å². The Labute approximate surface area is 93.0 Å². The standard InChI is InChI=1S/C12H12O4/c13-9-1-2-10(14)5-6-12(16)8-7-11(15)4-3-9/h1-2,7-8H,3-6H2. The van der Waals surface area contributed by atoms with Crippen LogP contribution in [0.25, 0.3) is 0 Å². The maximum atomic E-state index is 11.2. The zero-order valence-corrected chi connectivity index (χ0v) is 8.77. The van der Waals surface area contributed by atoms with Gasteiger partial charge < -0.3 is 0 Å². The molecule has 0 bridgehead atoms. The van der Waals surface area contributed by atoms with Gasteiger partial charge in [-0.3, -0.25) is 19.2 Å². The molecule has 0 amide bonds. The minimum atomic E-state index is -0.248. The van der Waals surface area contributed by atoms with Crippen molar-refractivity contribution in [1.29, 1.82) is 0 Å². The van der Waals surface area contributed by atoms with E-state index in [4.69, 9.17) is 0 Å². The Hall–Kier alpha value is -1.84. The maximum absolute atomic E-state index is 11.2. The minimum Gasteiger partial charge on any atom is -0.295 e. The number of ketones is 4. The van der Waals surface area contributed by atoms with E-state index in [1.165, 1.54) is 24.3 Å². The molecular weight excluding hydrogens is 208 g/mol. The topological polar surface area (TPSA) is 68.3 Å². The van der Waals surface area contributed by atoms with Gasteiger partial charge in [-0.25, -0.2) is 0 Å². The Morgan fingerprint density at radius 1 is 0.500 bits per heavy atom. The fourth-order valence-electron chi connectivity index (χ4n) is 1.20. The second-order valence-corrected chi connectivity index (χ2v) is 3.53. The summed E-state index contributed by atoms with van der Waals surface area (Å²) in [5.41, 5.74) is 0. The lowest BCUT2D eigenvalue weighted by atomic mass is 10.1. The second kappa shape index (κ2) is 5.90. The molecule has 0 aromatic heterocycles. The highest BCUT2D eigenvalue weighted by Gasteiger charge is 2.07. The first-order chi connectivity index (χ1) is 7.58. The molecule has 1 aliphatic carbocycles. The predicted octanol–water partition coefficient (Wildman–Crippen LogP) is 0.949. The average Bonchev–Trinajstić information content (AvgIpc) is 2.27. The van der Waals surface area contributed by atoms with E-state index in [2.05, 4.69) is 0 Å². The van der Waals surface area contributed by atoms with Crippen molar-refractivity contribution in [2.24, 2.45) is 0 Å². The van der Waals surface area contributed by atoms with Crippen molar-refractivity contribution < 1.29 is 19.2 Å². The third kappa shape index (κ3) is 4.59. The van der Waals surface area contributed by atoms with Gasteiger partial charge in [0.05, 0.1) is 0 Å². The van der Waals surface area contributed by atoms with Gasteiger partial charge in [0, 0.05) is 25.7 Å². The van der Waals surface area contributed by atoms with Crippen LogP contribution in [0.2, 0.25) is 0 Å². The molecule has 0 unspecified atom stereocenters. The van der Waals surface area contributed by atoms with Crippen LogP contribution in [-0.4, -0.2) is 23.1 Å². The smallest absolute Gasteiger partial charge is 0.156 e. The Kier molecular flexibility index (Phi) is 4.51. The lowest BCUT2D eigenvalue weighted by molar-refractivity contribution is -0.121. The van der Waals surface area contributed by atoms with Crippen LogP contribution in [-0.2, 0) is 19.2 Å². The van der Waals surface area contributed by atoms with Crippen molar-refractivity contribution in [2.75, 3.05) is 0 Å². The summed E-state index contributed by atoms with van der Waals surface area (Å²) in [5, 5.41) is 0. The zero-order chi connectivity index (χ0) is 12.0. The molecule has 0 radical (unpaired) electrons. The fourth-order valence-corrected chi connectivity index (χ4v) is 1.20. The van der Waals surface area contributed by atoms with Crippen molar-refractivity contribution in [2.45, 2.75) is 25.7 Å². The summed E-state index contributed by atoms with van der Waals surface area (Å²) in [6, 6.07) is 0. The Morgan fingerprint density at radius 3 is 0.875 bits per heavy atom. The summed E-state index contributed by atoms with van der Waals surface area (Å²) in [5.74, 6) is -0.993. The van der Waals surface area contributed by atoms with Gasteiger partial charge in [0.25, 0.3) is 0 Å². The first-order valence-electron chi connectivity index (χ1n) is 5.05. The van der Waals surface area contributed by atoms with E-state index in [-0.39, 0.29) is 48.8 Å². The van der Waals surface area contributed by atoms with Crippen LogP contribution >= 0.6 is 0 Å². The second-order valence-electron chi connectivity index (χ2n) is 3.53. The third-order valence-corrected chi connectivity index (χ3v) is 2.15. The van der Waals surface area contributed by atoms with Gasteiger partial charge >= 0.3 is 0 Å². The van der Waals surface area contributed by atoms with E-state index in [1.807, 2.05) is 0 Å². The lowest BCUT2D eigenvalue weighted by Gasteiger charge is -1.96. The fraction of sp³-hybridized carbons (Fsp3) is 0.333. The van der Waals surface area contributed by atoms with Crippen LogP contribution in [0, 0.1) is 0 Å². The number of rotatable bonds is 0. The summed E-state index contributed by atoms with van der Waals surface area (Å²) in [7, 11) is 0.